The van der Waals surface area contributed by atoms with Crippen LogP contribution in [0.15, 0.2) is 70.8 Å². The molecule has 1 fully saturated rings. The van der Waals surface area contributed by atoms with Gasteiger partial charge in [-0.3, -0.25) is 9.59 Å². The third-order valence-electron chi connectivity index (χ3n) is 4.81. The lowest BCUT2D eigenvalue weighted by molar-refractivity contribution is -0.127. The Kier molecular flexibility index (Phi) is 5.55. The molecule has 2 heterocycles. The lowest BCUT2D eigenvalue weighted by Gasteiger charge is -2.12. The van der Waals surface area contributed by atoms with Crippen LogP contribution in [0.25, 0.3) is 17.4 Å². The summed E-state index contributed by atoms with van der Waals surface area (Å²) in [6, 6.07) is 18.8. The van der Waals surface area contributed by atoms with E-state index in [0.29, 0.717) is 22.8 Å². The predicted molar refractivity (Wildman–Crippen MR) is 117 cm³/mol. The molecule has 1 saturated heterocycles. The molecule has 1 aliphatic heterocycles. The monoisotopic (exact) mass is 426 g/mol. The van der Waals surface area contributed by atoms with Crippen LogP contribution in [-0.2, 0) is 9.59 Å². The average Bonchev–Trinajstić information content (AvgIpc) is 3.36. The largest absolute Gasteiger partial charge is 0.457 e. The van der Waals surface area contributed by atoms with Crippen LogP contribution in [0.5, 0.6) is 0 Å². The van der Waals surface area contributed by atoms with Crippen LogP contribution in [-0.4, -0.2) is 29.3 Å². The normalized spacial score (nSPS) is 14.4. The molecule has 0 radical (unpaired) electrons. The number of nitrogens with one attached hydrogen (secondary N) is 2. The standard InChI is InChI=1S/C24H18N4O4/c1-15-2-8-18(9-3-15)26-22(29)14-28-23(30)20(27-24(28)31)12-19-10-11-21(32-19)17-6-4-16(13-25)5-7-17/h2-12H,14H2,1H3,(H,26,29)(H,27,31)/b20-12-. The Morgan fingerprint density at radius 3 is 2.50 bits per heavy atom. The Labute approximate surface area is 183 Å². The fourth-order valence-corrected chi connectivity index (χ4v) is 3.13. The van der Waals surface area contributed by atoms with Gasteiger partial charge < -0.3 is 15.1 Å². The zero-order valence-corrected chi connectivity index (χ0v) is 17.1. The summed E-state index contributed by atoms with van der Waals surface area (Å²) in [6.45, 7) is 1.52. The number of furan rings is 1. The zero-order chi connectivity index (χ0) is 22.7. The van der Waals surface area contributed by atoms with Gasteiger partial charge in [-0.25, -0.2) is 9.69 Å². The number of amides is 4. The quantitative estimate of drug-likeness (QED) is 0.477. The van der Waals surface area contributed by atoms with Crippen molar-refractivity contribution in [3.63, 3.8) is 0 Å². The number of carbonyl (C=O) groups is 3. The molecule has 158 valence electrons. The van der Waals surface area contributed by atoms with Gasteiger partial charge in [-0.05, 0) is 55.5 Å². The number of anilines is 1. The molecule has 2 N–H and O–H groups in total. The topological polar surface area (TPSA) is 115 Å². The van der Waals surface area contributed by atoms with E-state index < -0.39 is 24.4 Å². The van der Waals surface area contributed by atoms with E-state index in [1.54, 1.807) is 48.5 Å². The summed E-state index contributed by atoms with van der Waals surface area (Å²) in [5.74, 6) is -0.198. The maximum absolute atomic E-state index is 12.6. The first-order valence-corrected chi connectivity index (χ1v) is 9.74. The molecule has 8 heteroatoms. The second kappa shape index (κ2) is 8.62. The molecular formula is C24H18N4O4. The Morgan fingerprint density at radius 1 is 1.09 bits per heavy atom. The highest BCUT2D eigenvalue weighted by atomic mass is 16.3. The van der Waals surface area contributed by atoms with E-state index in [1.807, 2.05) is 19.1 Å². The summed E-state index contributed by atoms with van der Waals surface area (Å²) >= 11 is 0. The third-order valence-corrected chi connectivity index (χ3v) is 4.81. The van der Waals surface area contributed by atoms with E-state index in [9.17, 15) is 14.4 Å². The number of urea groups is 1. The van der Waals surface area contributed by atoms with Crippen LogP contribution in [0.3, 0.4) is 0 Å². The first-order valence-electron chi connectivity index (χ1n) is 9.74. The van der Waals surface area contributed by atoms with Gasteiger partial charge in [0.15, 0.2) is 0 Å². The zero-order valence-electron chi connectivity index (χ0n) is 17.1. The van der Waals surface area contributed by atoms with Crippen molar-refractivity contribution in [2.45, 2.75) is 6.92 Å². The Morgan fingerprint density at radius 2 is 1.81 bits per heavy atom. The van der Waals surface area contributed by atoms with Crippen LogP contribution >= 0.6 is 0 Å². The summed E-state index contributed by atoms with van der Waals surface area (Å²) in [6.07, 6.45) is 1.41. The van der Waals surface area contributed by atoms with Gasteiger partial charge in [-0.2, -0.15) is 5.26 Å². The van der Waals surface area contributed by atoms with Crippen LogP contribution < -0.4 is 10.6 Å². The molecule has 4 amide bonds. The van der Waals surface area contributed by atoms with Crippen molar-refractivity contribution < 1.29 is 18.8 Å². The van der Waals surface area contributed by atoms with Crippen LogP contribution in [0.4, 0.5) is 10.5 Å². The lowest BCUT2D eigenvalue weighted by atomic mass is 10.1. The number of rotatable bonds is 5. The molecule has 0 spiro atoms. The highest BCUT2D eigenvalue weighted by molar-refractivity contribution is 6.15. The number of hydrogen-bond donors (Lipinski definition) is 2. The second-order valence-corrected chi connectivity index (χ2v) is 7.18. The molecule has 8 nitrogen and oxygen atoms in total. The smallest absolute Gasteiger partial charge is 0.329 e. The summed E-state index contributed by atoms with van der Waals surface area (Å²) in [5.41, 5.74) is 2.94. The van der Waals surface area contributed by atoms with E-state index in [2.05, 4.69) is 16.7 Å². The van der Waals surface area contributed by atoms with Crippen LogP contribution in [0, 0.1) is 18.3 Å². The van der Waals surface area contributed by atoms with Gasteiger partial charge >= 0.3 is 6.03 Å². The molecule has 0 bridgehead atoms. The van der Waals surface area contributed by atoms with Gasteiger partial charge in [0.1, 0.15) is 23.8 Å². The molecule has 2 aromatic carbocycles. The minimum absolute atomic E-state index is 0.0128. The SMILES string of the molecule is Cc1ccc(NC(=O)CN2C(=O)N/C(=C\c3ccc(-c4ccc(C#N)cc4)o3)C2=O)cc1. The Hall–Kier alpha value is -4.64. The van der Waals surface area contributed by atoms with E-state index >= 15 is 0 Å². The maximum Gasteiger partial charge on any atom is 0.329 e. The van der Waals surface area contributed by atoms with Gasteiger partial charge in [-0.15, -0.1) is 0 Å². The number of hydrogen-bond acceptors (Lipinski definition) is 5. The molecule has 3 aromatic rings. The van der Waals surface area contributed by atoms with E-state index in [1.165, 1.54) is 6.08 Å². The van der Waals surface area contributed by atoms with Crippen LogP contribution in [0.1, 0.15) is 16.9 Å². The predicted octanol–water partition coefficient (Wildman–Crippen LogP) is 3.66. The van der Waals surface area contributed by atoms with Gasteiger partial charge in [0.05, 0.1) is 11.6 Å². The summed E-state index contributed by atoms with van der Waals surface area (Å²) < 4.78 is 5.73. The molecule has 4 rings (SSSR count). The van der Waals surface area contributed by atoms with E-state index in [0.717, 1.165) is 16.0 Å². The number of nitriles is 1. The molecule has 0 saturated carbocycles. The van der Waals surface area contributed by atoms with Crippen molar-refractivity contribution in [3.8, 4) is 17.4 Å². The fourth-order valence-electron chi connectivity index (χ4n) is 3.13. The van der Waals surface area contributed by atoms with Gasteiger partial charge in [0, 0.05) is 17.3 Å². The number of benzene rings is 2. The van der Waals surface area contributed by atoms with Crippen molar-refractivity contribution in [2.24, 2.45) is 0 Å². The van der Waals surface area contributed by atoms with E-state index in [4.69, 9.17) is 9.68 Å². The Balaban J connectivity index is 1.44. The first-order chi connectivity index (χ1) is 15.4. The third kappa shape index (κ3) is 4.42. The minimum atomic E-state index is -0.681. The van der Waals surface area contributed by atoms with Gasteiger partial charge in [0.2, 0.25) is 5.91 Å². The molecule has 1 aromatic heterocycles. The fraction of sp³-hybridized carbons (Fsp3) is 0.0833. The number of aryl methyl sites for hydroxylation is 1. The highest BCUT2D eigenvalue weighted by Crippen LogP contribution is 2.24. The van der Waals surface area contributed by atoms with Crippen molar-refractivity contribution in [1.29, 1.82) is 5.26 Å². The van der Waals surface area contributed by atoms with Gasteiger partial charge in [-0.1, -0.05) is 17.7 Å². The van der Waals surface area contributed by atoms with Gasteiger partial charge in [0.25, 0.3) is 5.91 Å². The van der Waals surface area contributed by atoms with Crippen molar-refractivity contribution in [2.75, 3.05) is 11.9 Å². The summed E-state index contributed by atoms with van der Waals surface area (Å²) in [5, 5.41) is 14.0. The lowest BCUT2D eigenvalue weighted by Crippen LogP contribution is -2.38. The minimum Gasteiger partial charge on any atom is -0.457 e. The molecule has 0 unspecified atom stereocenters. The number of carbonyl (C=O) groups excluding carboxylic acids is 3. The maximum atomic E-state index is 12.6. The molecule has 0 aliphatic carbocycles. The number of nitrogens with zero attached hydrogens (tertiary/aromatic N) is 2. The first kappa shape index (κ1) is 20.6. The second-order valence-electron chi connectivity index (χ2n) is 7.18. The van der Waals surface area contributed by atoms with E-state index in [-0.39, 0.29) is 5.70 Å². The summed E-state index contributed by atoms with van der Waals surface area (Å²) in [7, 11) is 0. The summed E-state index contributed by atoms with van der Waals surface area (Å²) in [4.78, 5) is 37.9. The van der Waals surface area contributed by atoms with Crippen molar-refractivity contribution >= 4 is 29.6 Å². The van der Waals surface area contributed by atoms with Crippen molar-refractivity contribution in [3.05, 3.63) is 83.2 Å². The van der Waals surface area contributed by atoms with Crippen LogP contribution in [0.2, 0.25) is 0 Å². The molecule has 1 aliphatic rings. The number of imide groups is 1. The van der Waals surface area contributed by atoms with Crippen molar-refractivity contribution in [1.82, 2.24) is 10.2 Å². The molecular weight excluding hydrogens is 408 g/mol. The molecule has 0 atom stereocenters. The highest BCUT2D eigenvalue weighted by Gasteiger charge is 2.35. The molecule has 32 heavy (non-hydrogen) atoms. The average molecular weight is 426 g/mol. The Bertz CT molecular complexity index is 1260.